The topological polar surface area (TPSA) is 76.2 Å². The fourth-order valence-electron chi connectivity index (χ4n) is 2.41. The highest BCUT2D eigenvalue weighted by Gasteiger charge is 2.31. The Balaban J connectivity index is 2.14. The molecule has 0 radical (unpaired) electrons. The van der Waals surface area contributed by atoms with Gasteiger partial charge in [0.2, 0.25) is 5.91 Å². The molecule has 1 amide bonds. The number of carbonyl (C=O) groups excluding carboxylic acids is 1. The maximum Gasteiger partial charge on any atom is 0.236 e. The summed E-state index contributed by atoms with van der Waals surface area (Å²) in [5, 5.41) is 7.48. The van der Waals surface area contributed by atoms with Crippen molar-refractivity contribution in [3.8, 4) is 0 Å². The van der Waals surface area contributed by atoms with Crippen molar-refractivity contribution >= 4 is 5.91 Å². The molecule has 0 aliphatic carbocycles. The van der Waals surface area contributed by atoms with Gasteiger partial charge in [0.25, 0.3) is 0 Å². The summed E-state index contributed by atoms with van der Waals surface area (Å²) in [6.07, 6.45) is 3.90. The Kier molecular flexibility index (Phi) is 3.98. The van der Waals surface area contributed by atoms with Gasteiger partial charge in [0, 0.05) is 44.0 Å². The third kappa shape index (κ3) is 2.54. The van der Waals surface area contributed by atoms with E-state index in [0.717, 1.165) is 25.2 Å². The van der Waals surface area contributed by atoms with Crippen LogP contribution in [0.25, 0.3) is 0 Å². The molecule has 0 bridgehead atoms. The van der Waals surface area contributed by atoms with Gasteiger partial charge in [-0.2, -0.15) is 5.10 Å². The van der Waals surface area contributed by atoms with E-state index in [1.165, 1.54) is 0 Å². The number of primary amides is 1. The average Bonchev–Trinajstić information content (AvgIpc) is 2.86. The van der Waals surface area contributed by atoms with Crippen LogP contribution in [-0.2, 0) is 11.3 Å². The SMILES string of the molecule is CCn1cc(C(C)N2CCNCC2C(N)=O)cn1. The van der Waals surface area contributed by atoms with E-state index in [-0.39, 0.29) is 18.0 Å². The molecule has 1 aliphatic rings. The molecule has 2 rings (SSSR count). The second kappa shape index (κ2) is 5.49. The zero-order valence-electron chi connectivity index (χ0n) is 11.0. The van der Waals surface area contributed by atoms with Crippen LogP contribution in [0, 0.1) is 0 Å². The van der Waals surface area contributed by atoms with Crippen LogP contribution >= 0.6 is 0 Å². The first-order valence-corrected chi connectivity index (χ1v) is 6.41. The van der Waals surface area contributed by atoms with Gasteiger partial charge in [-0.3, -0.25) is 14.4 Å². The van der Waals surface area contributed by atoms with E-state index in [0.29, 0.717) is 6.54 Å². The number of nitrogens with two attached hydrogens (primary N) is 1. The van der Waals surface area contributed by atoms with Crippen molar-refractivity contribution in [3.63, 3.8) is 0 Å². The lowest BCUT2D eigenvalue weighted by atomic mass is 10.1. The lowest BCUT2D eigenvalue weighted by molar-refractivity contribution is -0.124. The number of amides is 1. The minimum Gasteiger partial charge on any atom is -0.368 e. The van der Waals surface area contributed by atoms with E-state index in [2.05, 4.69) is 29.2 Å². The highest BCUT2D eigenvalue weighted by Crippen LogP contribution is 2.22. The largest absolute Gasteiger partial charge is 0.368 e. The lowest BCUT2D eigenvalue weighted by Crippen LogP contribution is -2.57. The van der Waals surface area contributed by atoms with Crippen LogP contribution < -0.4 is 11.1 Å². The smallest absolute Gasteiger partial charge is 0.236 e. The Morgan fingerprint density at radius 3 is 3.11 bits per heavy atom. The molecule has 2 heterocycles. The van der Waals surface area contributed by atoms with E-state index in [4.69, 9.17) is 5.73 Å². The number of hydrogen-bond acceptors (Lipinski definition) is 4. The maximum atomic E-state index is 11.5. The Morgan fingerprint density at radius 1 is 1.72 bits per heavy atom. The molecule has 0 spiro atoms. The predicted octanol–water partition coefficient (Wildman–Crippen LogP) is -0.277. The van der Waals surface area contributed by atoms with Crippen LogP contribution in [0.1, 0.15) is 25.5 Å². The van der Waals surface area contributed by atoms with Gasteiger partial charge in [-0.05, 0) is 13.8 Å². The van der Waals surface area contributed by atoms with Crippen LogP contribution in [0.3, 0.4) is 0 Å². The van der Waals surface area contributed by atoms with Gasteiger partial charge in [-0.15, -0.1) is 0 Å². The van der Waals surface area contributed by atoms with Crippen molar-refractivity contribution in [2.45, 2.75) is 32.5 Å². The van der Waals surface area contributed by atoms with E-state index in [1.54, 1.807) is 0 Å². The van der Waals surface area contributed by atoms with Crippen molar-refractivity contribution in [2.75, 3.05) is 19.6 Å². The minimum atomic E-state index is -0.267. The van der Waals surface area contributed by atoms with Gasteiger partial charge in [-0.25, -0.2) is 0 Å². The summed E-state index contributed by atoms with van der Waals surface area (Å²) in [6.45, 7) is 7.34. The number of hydrogen-bond donors (Lipinski definition) is 2. The summed E-state index contributed by atoms with van der Waals surface area (Å²) < 4.78 is 1.90. The first kappa shape index (κ1) is 13.0. The normalized spacial score (nSPS) is 22.9. The standard InChI is InChI=1S/C12H21N5O/c1-3-16-8-10(6-15-16)9(2)17-5-4-14-7-11(17)12(13)18/h6,8-9,11,14H,3-5,7H2,1-2H3,(H2,13,18). The summed E-state index contributed by atoms with van der Waals surface area (Å²) in [5.74, 6) is -0.267. The fourth-order valence-corrected chi connectivity index (χ4v) is 2.41. The molecule has 100 valence electrons. The summed E-state index contributed by atoms with van der Waals surface area (Å²) >= 11 is 0. The van der Waals surface area contributed by atoms with Crippen LogP contribution in [0.2, 0.25) is 0 Å². The molecule has 18 heavy (non-hydrogen) atoms. The highest BCUT2D eigenvalue weighted by molar-refractivity contribution is 5.80. The van der Waals surface area contributed by atoms with Crippen LogP contribution in [-0.4, -0.2) is 46.3 Å². The zero-order chi connectivity index (χ0) is 13.1. The summed E-state index contributed by atoms with van der Waals surface area (Å²) in [7, 11) is 0. The highest BCUT2D eigenvalue weighted by atomic mass is 16.1. The number of aromatic nitrogens is 2. The Morgan fingerprint density at radius 2 is 2.50 bits per heavy atom. The molecule has 3 N–H and O–H groups in total. The Bertz CT molecular complexity index is 416. The van der Waals surface area contributed by atoms with Crippen molar-refractivity contribution in [2.24, 2.45) is 5.73 Å². The summed E-state index contributed by atoms with van der Waals surface area (Å²) in [4.78, 5) is 13.6. The van der Waals surface area contributed by atoms with Gasteiger partial charge in [0.05, 0.1) is 6.20 Å². The number of nitrogens with zero attached hydrogens (tertiary/aromatic N) is 3. The number of piperazine rings is 1. The molecular weight excluding hydrogens is 230 g/mol. The molecule has 0 aromatic carbocycles. The van der Waals surface area contributed by atoms with E-state index in [9.17, 15) is 4.79 Å². The minimum absolute atomic E-state index is 0.157. The molecule has 1 saturated heterocycles. The van der Waals surface area contributed by atoms with E-state index in [1.807, 2.05) is 17.1 Å². The van der Waals surface area contributed by atoms with Gasteiger partial charge in [0.1, 0.15) is 6.04 Å². The molecule has 0 saturated carbocycles. The molecule has 2 unspecified atom stereocenters. The third-order valence-electron chi connectivity index (χ3n) is 3.57. The Hall–Kier alpha value is -1.40. The lowest BCUT2D eigenvalue weighted by Gasteiger charge is -2.38. The van der Waals surface area contributed by atoms with Gasteiger partial charge in [-0.1, -0.05) is 0 Å². The first-order chi connectivity index (χ1) is 8.63. The Labute approximate surface area is 107 Å². The zero-order valence-corrected chi connectivity index (χ0v) is 11.0. The molecule has 6 nitrogen and oxygen atoms in total. The molecule has 1 aromatic rings. The average molecular weight is 251 g/mol. The molecule has 1 aliphatic heterocycles. The van der Waals surface area contributed by atoms with Gasteiger partial charge in [0.15, 0.2) is 0 Å². The van der Waals surface area contributed by atoms with Gasteiger partial charge >= 0.3 is 0 Å². The van der Waals surface area contributed by atoms with E-state index >= 15 is 0 Å². The molecule has 6 heteroatoms. The third-order valence-corrected chi connectivity index (χ3v) is 3.57. The number of rotatable bonds is 4. The quantitative estimate of drug-likeness (QED) is 0.772. The van der Waals surface area contributed by atoms with E-state index < -0.39 is 0 Å². The summed E-state index contributed by atoms with van der Waals surface area (Å²) in [5.41, 5.74) is 6.59. The molecule has 1 aromatic heterocycles. The number of aryl methyl sites for hydroxylation is 1. The van der Waals surface area contributed by atoms with Crippen molar-refractivity contribution in [1.29, 1.82) is 0 Å². The molecular formula is C12H21N5O. The van der Waals surface area contributed by atoms with Crippen LogP contribution in [0.15, 0.2) is 12.4 Å². The molecule has 1 fully saturated rings. The van der Waals surface area contributed by atoms with Crippen molar-refractivity contribution < 1.29 is 4.79 Å². The van der Waals surface area contributed by atoms with Gasteiger partial charge < -0.3 is 11.1 Å². The second-order valence-electron chi connectivity index (χ2n) is 4.67. The fraction of sp³-hybridized carbons (Fsp3) is 0.667. The first-order valence-electron chi connectivity index (χ1n) is 6.41. The summed E-state index contributed by atoms with van der Waals surface area (Å²) in [6, 6.07) is -0.0800. The number of carbonyl (C=O) groups is 1. The van der Waals surface area contributed by atoms with Crippen LogP contribution in [0.4, 0.5) is 0 Å². The maximum absolute atomic E-state index is 11.5. The second-order valence-corrected chi connectivity index (χ2v) is 4.67. The molecule has 2 atom stereocenters. The number of nitrogens with one attached hydrogen (secondary N) is 1. The monoisotopic (exact) mass is 251 g/mol. The predicted molar refractivity (Wildman–Crippen MR) is 68.9 cm³/mol. The van der Waals surface area contributed by atoms with Crippen LogP contribution in [0.5, 0.6) is 0 Å². The van der Waals surface area contributed by atoms with Crippen molar-refractivity contribution in [3.05, 3.63) is 18.0 Å². The van der Waals surface area contributed by atoms with Crippen molar-refractivity contribution in [1.82, 2.24) is 20.0 Å².